The van der Waals surface area contributed by atoms with Crippen molar-refractivity contribution in [3.05, 3.63) is 11.8 Å². The molecule has 106 valence electrons. The molecule has 4 heteroatoms. The SMILES string of the molecule is CC(C(C)(C)O[Si](C)(C)C)[Si]1(C)C=CC(C)(C)O1. The van der Waals surface area contributed by atoms with E-state index in [1.54, 1.807) is 0 Å². The van der Waals surface area contributed by atoms with Crippen LogP contribution in [0.4, 0.5) is 0 Å². The van der Waals surface area contributed by atoms with Gasteiger partial charge in [0.05, 0.1) is 11.2 Å². The summed E-state index contributed by atoms with van der Waals surface area (Å²) in [5.74, 6) is 0. The van der Waals surface area contributed by atoms with E-state index in [-0.39, 0.29) is 11.2 Å². The Bertz CT molecular complexity index is 342. The fraction of sp³-hybridized carbons (Fsp3) is 0.857. The van der Waals surface area contributed by atoms with Crippen molar-refractivity contribution in [3.63, 3.8) is 0 Å². The minimum Gasteiger partial charge on any atom is -0.413 e. The Kier molecular flexibility index (Phi) is 4.11. The molecule has 2 atom stereocenters. The van der Waals surface area contributed by atoms with Crippen LogP contribution in [-0.4, -0.2) is 27.8 Å². The van der Waals surface area contributed by atoms with Gasteiger partial charge in [-0.05, 0) is 53.9 Å². The maximum atomic E-state index is 6.39. The van der Waals surface area contributed by atoms with E-state index in [2.05, 4.69) is 72.6 Å². The molecule has 1 aliphatic rings. The molecular weight excluding hydrogens is 256 g/mol. The van der Waals surface area contributed by atoms with Crippen LogP contribution in [0.5, 0.6) is 0 Å². The van der Waals surface area contributed by atoms with Crippen LogP contribution in [0, 0.1) is 0 Å². The highest BCUT2D eigenvalue weighted by Gasteiger charge is 2.49. The fourth-order valence-electron chi connectivity index (χ4n) is 2.80. The molecule has 0 saturated heterocycles. The summed E-state index contributed by atoms with van der Waals surface area (Å²) in [7, 11) is -3.38. The predicted octanol–water partition coefficient (Wildman–Crippen LogP) is 4.49. The highest BCUT2D eigenvalue weighted by atomic mass is 28.4. The van der Waals surface area contributed by atoms with Gasteiger partial charge in [0.2, 0.25) is 8.32 Å². The van der Waals surface area contributed by atoms with Crippen molar-refractivity contribution in [1.29, 1.82) is 0 Å². The number of hydrogen-bond donors (Lipinski definition) is 0. The average Bonchev–Trinajstić information content (AvgIpc) is 2.36. The molecule has 0 aliphatic carbocycles. The van der Waals surface area contributed by atoms with Crippen LogP contribution in [0.2, 0.25) is 31.7 Å². The molecule has 0 aromatic heterocycles. The molecule has 0 saturated carbocycles. The summed E-state index contributed by atoms with van der Waals surface area (Å²) in [6.45, 7) is 20.1. The van der Waals surface area contributed by atoms with Crippen LogP contribution in [0.25, 0.3) is 0 Å². The lowest BCUT2D eigenvalue weighted by molar-refractivity contribution is 0.0786. The van der Waals surface area contributed by atoms with Gasteiger partial charge in [0.25, 0.3) is 0 Å². The van der Waals surface area contributed by atoms with Crippen LogP contribution >= 0.6 is 0 Å². The van der Waals surface area contributed by atoms with Crippen molar-refractivity contribution in [2.24, 2.45) is 0 Å². The van der Waals surface area contributed by atoms with E-state index in [4.69, 9.17) is 8.85 Å². The topological polar surface area (TPSA) is 18.5 Å². The summed E-state index contributed by atoms with van der Waals surface area (Å²) in [6, 6.07) is 0. The monoisotopic (exact) mass is 286 g/mol. The quantitative estimate of drug-likeness (QED) is 0.709. The molecule has 1 rings (SSSR count). The molecule has 1 heterocycles. The minimum absolute atomic E-state index is 0.107. The van der Waals surface area contributed by atoms with E-state index in [1.807, 2.05) is 0 Å². The van der Waals surface area contributed by atoms with Gasteiger partial charge in [-0.3, -0.25) is 0 Å². The van der Waals surface area contributed by atoms with Crippen LogP contribution < -0.4 is 0 Å². The van der Waals surface area contributed by atoms with Crippen LogP contribution in [-0.2, 0) is 8.85 Å². The molecule has 0 fully saturated rings. The van der Waals surface area contributed by atoms with Crippen molar-refractivity contribution in [3.8, 4) is 0 Å². The van der Waals surface area contributed by atoms with Crippen molar-refractivity contribution in [1.82, 2.24) is 0 Å². The summed E-state index contributed by atoms with van der Waals surface area (Å²) >= 11 is 0. The van der Waals surface area contributed by atoms with E-state index in [0.717, 1.165) is 0 Å². The maximum Gasteiger partial charge on any atom is 0.220 e. The van der Waals surface area contributed by atoms with Gasteiger partial charge in [-0.1, -0.05) is 18.7 Å². The van der Waals surface area contributed by atoms with E-state index >= 15 is 0 Å². The van der Waals surface area contributed by atoms with Crippen molar-refractivity contribution < 1.29 is 8.85 Å². The Morgan fingerprint density at radius 3 is 2.11 bits per heavy atom. The van der Waals surface area contributed by atoms with Gasteiger partial charge in [-0.2, -0.15) is 0 Å². The molecule has 0 aromatic carbocycles. The molecule has 0 N–H and O–H groups in total. The van der Waals surface area contributed by atoms with Gasteiger partial charge in [0.1, 0.15) is 0 Å². The molecule has 0 bridgehead atoms. The molecule has 0 amide bonds. The number of hydrogen-bond acceptors (Lipinski definition) is 2. The Balaban J connectivity index is 2.88. The van der Waals surface area contributed by atoms with Crippen molar-refractivity contribution in [2.45, 2.75) is 77.6 Å². The molecule has 18 heavy (non-hydrogen) atoms. The van der Waals surface area contributed by atoms with Gasteiger partial charge in [-0.15, -0.1) is 0 Å². The third kappa shape index (κ3) is 3.79. The molecular formula is C14H30O2Si2. The van der Waals surface area contributed by atoms with Gasteiger partial charge in [-0.25, -0.2) is 0 Å². The van der Waals surface area contributed by atoms with E-state index in [9.17, 15) is 0 Å². The normalized spacial score (nSPS) is 29.6. The standard InChI is InChI=1S/C14H30O2Si2/c1-12(14(4,5)16-17(6,7)8)18(9)11-10-13(2,3)15-18/h10-12H,1-9H3. The first-order chi connectivity index (χ1) is 7.78. The van der Waals surface area contributed by atoms with Crippen LogP contribution in [0.3, 0.4) is 0 Å². The molecule has 2 nitrogen and oxygen atoms in total. The van der Waals surface area contributed by atoms with Gasteiger partial charge < -0.3 is 8.85 Å². The zero-order valence-corrected chi connectivity index (χ0v) is 15.5. The zero-order valence-electron chi connectivity index (χ0n) is 13.5. The van der Waals surface area contributed by atoms with Gasteiger partial charge in [0, 0.05) is 5.54 Å². The first kappa shape index (κ1) is 16.1. The first-order valence-corrected chi connectivity index (χ1v) is 12.9. The largest absolute Gasteiger partial charge is 0.413 e. The lowest BCUT2D eigenvalue weighted by atomic mass is 10.1. The molecule has 2 unspecified atom stereocenters. The van der Waals surface area contributed by atoms with Crippen LogP contribution in [0.1, 0.15) is 34.6 Å². The second-order valence-electron chi connectivity index (χ2n) is 7.76. The van der Waals surface area contributed by atoms with E-state index < -0.39 is 16.6 Å². The predicted molar refractivity (Wildman–Crippen MR) is 83.9 cm³/mol. The van der Waals surface area contributed by atoms with E-state index in [1.165, 1.54) is 0 Å². The summed E-state index contributed by atoms with van der Waals surface area (Å²) in [6.07, 6.45) is 2.22. The first-order valence-electron chi connectivity index (χ1n) is 6.88. The summed E-state index contributed by atoms with van der Waals surface area (Å²) < 4.78 is 12.8. The summed E-state index contributed by atoms with van der Waals surface area (Å²) in [5, 5.41) is 0. The third-order valence-electron chi connectivity index (χ3n) is 3.77. The zero-order chi connectivity index (χ0) is 14.4. The fourth-order valence-corrected chi connectivity index (χ4v) is 8.58. The second-order valence-corrected chi connectivity index (χ2v) is 16.0. The van der Waals surface area contributed by atoms with Crippen molar-refractivity contribution >= 4 is 16.6 Å². The highest BCUT2D eigenvalue weighted by Crippen LogP contribution is 2.43. The third-order valence-corrected chi connectivity index (χ3v) is 9.12. The Hall–Kier alpha value is 0.0938. The highest BCUT2D eigenvalue weighted by molar-refractivity contribution is 6.80. The lowest BCUT2D eigenvalue weighted by Gasteiger charge is -2.44. The summed E-state index contributed by atoms with van der Waals surface area (Å²) in [4.78, 5) is 0. The minimum atomic E-state index is -1.84. The number of rotatable bonds is 4. The smallest absolute Gasteiger partial charge is 0.220 e. The second kappa shape index (κ2) is 4.58. The maximum absolute atomic E-state index is 6.39. The Morgan fingerprint density at radius 1 is 1.28 bits per heavy atom. The van der Waals surface area contributed by atoms with Crippen LogP contribution in [0.15, 0.2) is 11.8 Å². The lowest BCUT2D eigenvalue weighted by Crippen LogP contribution is -2.51. The van der Waals surface area contributed by atoms with E-state index in [0.29, 0.717) is 5.54 Å². The van der Waals surface area contributed by atoms with Crippen molar-refractivity contribution in [2.75, 3.05) is 0 Å². The Labute approximate surface area is 115 Å². The molecule has 0 radical (unpaired) electrons. The molecule has 1 aliphatic heterocycles. The summed E-state index contributed by atoms with van der Waals surface area (Å²) in [5.41, 5.74) is 2.56. The van der Waals surface area contributed by atoms with Gasteiger partial charge in [0.15, 0.2) is 8.32 Å². The van der Waals surface area contributed by atoms with Gasteiger partial charge >= 0.3 is 0 Å². The Morgan fingerprint density at radius 2 is 1.78 bits per heavy atom. The molecule has 0 spiro atoms. The molecule has 0 aromatic rings. The average molecular weight is 287 g/mol.